The van der Waals surface area contributed by atoms with Crippen molar-refractivity contribution in [1.29, 1.82) is 0 Å². The van der Waals surface area contributed by atoms with Gasteiger partial charge in [-0.1, -0.05) is 6.47 Å². The van der Waals surface area contributed by atoms with Crippen molar-refractivity contribution < 1.29 is 47.4 Å². The smallest absolute Gasteiger partial charge is 0.665 e. The summed E-state index contributed by atoms with van der Waals surface area (Å²) < 4.78 is 0. The Labute approximate surface area is 73.3 Å². The maximum atomic E-state index is 9.33. The number of rotatable bonds is 0. The molecule has 42 valence electrons. The Morgan fingerprint density at radius 3 is 1.75 bits per heavy atom. The molecule has 0 radical (unpaired) electrons. The van der Waals surface area contributed by atoms with Gasteiger partial charge in [0.25, 0.3) is 0 Å². The van der Waals surface area contributed by atoms with Crippen LogP contribution in [0.3, 0.4) is 0 Å². The Morgan fingerprint density at radius 2 is 1.75 bits per heavy atom. The van der Waals surface area contributed by atoms with Crippen LogP contribution >= 0.6 is 0 Å². The number of carbonyl (C=O) groups excluding carboxylic acids is 1. The summed E-state index contributed by atoms with van der Waals surface area (Å²) in [6, 6.07) is 0. The molecule has 0 unspecified atom stereocenters. The molecule has 0 atom stereocenters. The maximum Gasteiger partial charge on any atom is 3.00 e. The number of hydrogen-bond acceptors (Lipinski definition) is 2. The molecule has 1 N–H and O–H groups in total. The van der Waals surface area contributed by atoms with Crippen molar-refractivity contribution in [3.05, 3.63) is 6.92 Å². The topological polar surface area (TPSA) is 54.4 Å². The summed E-state index contributed by atoms with van der Waals surface area (Å²) in [6.45, 7) is 4.92. The van der Waals surface area contributed by atoms with Crippen molar-refractivity contribution >= 4 is 12.3 Å². The van der Waals surface area contributed by atoms with E-state index in [4.69, 9.17) is 9.90 Å². The zero-order valence-electron chi connectivity index (χ0n) is 4.55. The molecule has 0 aromatic rings. The molecule has 0 heterocycles. The van der Waals surface area contributed by atoms with E-state index >= 15 is 0 Å². The Balaban J connectivity index is -0.0000000575. The molecule has 0 fully saturated rings. The van der Waals surface area contributed by atoms with E-state index in [2.05, 4.69) is 6.92 Å². The van der Waals surface area contributed by atoms with Crippen LogP contribution in [0.5, 0.6) is 0 Å². The molecule has 0 bridgehead atoms. The summed E-state index contributed by atoms with van der Waals surface area (Å²) in [4.78, 5) is 17.6. The van der Waals surface area contributed by atoms with E-state index in [0.29, 0.717) is 6.47 Å². The third kappa shape index (κ3) is 12300. The Kier molecular flexibility index (Phi) is 30.8. The van der Waals surface area contributed by atoms with Gasteiger partial charge in [-0.05, 0) is 12.7 Å². The van der Waals surface area contributed by atoms with Crippen LogP contribution in [0.1, 0.15) is 6.92 Å². The first-order valence-electron chi connectivity index (χ1n) is 1.49. The fourth-order valence-corrected chi connectivity index (χ4v) is 0. The minimum Gasteiger partial charge on any atom is -0.665 e. The summed E-state index contributed by atoms with van der Waals surface area (Å²) in [7, 11) is 0. The van der Waals surface area contributed by atoms with E-state index < -0.39 is 0 Å². The Hall–Kier alpha value is 0.114. The molecule has 4 heteroatoms. The van der Waals surface area contributed by atoms with Crippen molar-refractivity contribution in [3.63, 3.8) is 0 Å². The maximum absolute atomic E-state index is 9.33. The van der Waals surface area contributed by atoms with Gasteiger partial charge >= 0.3 is 32.7 Å². The second kappa shape index (κ2) is 15.7. The predicted molar refractivity (Wildman–Crippen MR) is 24.4 cm³/mol. The molecule has 0 aromatic carbocycles. The van der Waals surface area contributed by atoms with E-state index in [0.717, 1.165) is 0 Å². The number of ketones is 1. The molecular weight excluding hydrogens is 185 g/mol. The average Bonchev–Trinajstić information content (AvgIpc) is 1.33. The summed E-state index contributed by atoms with van der Waals surface area (Å²) >= 11 is 0. The second-order valence-corrected chi connectivity index (χ2v) is 0.793. The van der Waals surface area contributed by atoms with Crippen LogP contribution in [-0.4, -0.2) is 17.4 Å². The predicted octanol–water partition coefficient (Wildman–Crippen LogP) is 0.0186. The van der Waals surface area contributed by atoms with Crippen molar-refractivity contribution in [3.8, 4) is 0 Å². The number of Topliss-reactive ketones (excluding diaryl/α,β-unsaturated/α-hetero) is 1. The quantitative estimate of drug-likeness (QED) is 0.549. The third-order valence-electron chi connectivity index (χ3n) is 0. The van der Waals surface area contributed by atoms with E-state index in [1.54, 1.807) is 0 Å². The minimum absolute atomic E-state index is 0. The number of hydrogen-bond donors (Lipinski definition) is 1. The van der Waals surface area contributed by atoms with Gasteiger partial charge in [0.1, 0.15) is 0 Å². The van der Waals surface area contributed by atoms with Crippen LogP contribution < -0.4 is 0 Å². The molecule has 0 saturated heterocycles. The number of carbonyl (C=O) groups is 1. The second-order valence-electron chi connectivity index (χ2n) is 0.793. The van der Waals surface area contributed by atoms with E-state index in [1.165, 1.54) is 6.92 Å². The molecule has 0 aromatic heterocycles. The van der Waals surface area contributed by atoms with Gasteiger partial charge in [-0.15, -0.1) is 0 Å². The standard InChI is InChI=1S/C3H5O.CHO2.Y/c1-3(2)4;2-1-3;/h1H2,2H3;(H,2,3);/q2*-1;+3. The van der Waals surface area contributed by atoms with Gasteiger partial charge in [-0.3, -0.25) is 0 Å². The van der Waals surface area contributed by atoms with Crippen LogP contribution in [0.2, 0.25) is 0 Å². The Bertz CT molecular complexity index is 58.3. The first-order valence-corrected chi connectivity index (χ1v) is 1.49. The van der Waals surface area contributed by atoms with E-state index in [1.807, 2.05) is 0 Å². The van der Waals surface area contributed by atoms with Crippen LogP contribution in [0, 0.1) is 6.92 Å². The van der Waals surface area contributed by atoms with Gasteiger partial charge in [0.15, 0.2) is 0 Å². The Morgan fingerprint density at radius 1 is 1.75 bits per heavy atom. The molecule has 0 saturated carbocycles. The molecule has 0 aliphatic heterocycles. The van der Waals surface area contributed by atoms with Gasteiger partial charge in [0.2, 0.25) is 0 Å². The monoisotopic (exact) mass is 191 g/mol. The van der Waals surface area contributed by atoms with Crippen LogP contribution in [-0.2, 0) is 42.3 Å². The van der Waals surface area contributed by atoms with Crippen LogP contribution in [0.25, 0.3) is 0 Å². The number of aliphatic hydroxyl groups excluding tert-OH is 1. The molecule has 0 aliphatic rings. The summed E-state index contributed by atoms with van der Waals surface area (Å²) in [5.74, 6) is -0.0833. The van der Waals surface area contributed by atoms with Crippen molar-refractivity contribution in [2.24, 2.45) is 0 Å². The van der Waals surface area contributed by atoms with Gasteiger partial charge in [-0.2, -0.15) is 0 Å². The fraction of sp³-hybridized carbons (Fsp3) is 0.250. The van der Waals surface area contributed by atoms with Gasteiger partial charge in [0.05, 0.1) is 0 Å². The minimum atomic E-state index is -0.0833. The largest absolute Gasteiger partial charge is 3.00 e. The normalized spacial score (nSPS) is 4.62. The fourth-order valence-electron chi connectivity index (χ4n) is 0. The molecule has 8 heavy (non-hydrogen) atoms. The third-order valence-corrected chi connectivity index (χ3v) is 0. The zero-order valence-corrected chi connectivity index (χ0v) is 7.39. The summed E-state index contributed by atoms with van der Waals surface area (Å²) in [5, 5.41) is 6.76. The SMILES string of the molecule is O=[C-]O.[CH2-]C(C)=O.[Y+3]. The van der Waals surface area contributed by atoms with Crippen LogP contribution in [0.4, 0.5) is 0 Å². The van der Waals surface area contributed by atoms with E-state index in [-0.39, 0.29) is 38.5 Å². The van der Waals surface area contributed by atoms with Crippen molar-refractivity contribution in [1.82, 2.24) is 0 Å². The van der Waals surface area contributed by atoms with Crippen molar-refractivity contribution in [2.75, 3.05) is 0 Å². The zero-order chi connectivity index (χ0) is 6.28. The van der Waals surface area contributed by atoms with Gasteiger partial charge in [0, 0.05) is 0 Å². The first kappa shape index (κ1) is 15.7. The molecular formula is C4H6O3Y+. The van der Waals surface area contributed by atoms with Crippen molar-refractivity contribution in [2.45, 2.75) is 6.92 Å². The molecule has 0 amide bonds. The first-order chi connectivity index (χ1) is 3.15. The molecule has 0 rings (SSSR count). The molecule has 3 nitrogen and oxygen atoms in total. The summed E-state index contributed by atoms with van der Waals surface area (Å²) in [6.07, 6.45) is 0. The molecule has 0 spiro atoms. The molecule has 0 aliphatic carbocycles. The average molecular weight is 191 g/mol. The van der Waals surface area contributed by atoms with Gasteiger partial charge < -0.3 is 21.6 Å². The van der Waals surface area contributed by atoms with Gasteiger partial charge in [-0.25, -0.2) is 0 Å². The van der Waals surface area contributed by atoms with Crippen LogP contribution in [0.15, 0.2) is 0 Å². The van der Waals surface area contributed by atoms with E-state index in [9.17, 15) is 4.79 Å². The summed E-state index contributed by atoms with van der Waals surface area (Å²) in [5.41, 5.74) is 0.